The van der Waals surface area contributed by atoms with Crippen molar-refractivity contribution in [2.24, 2.45) is 7.05 Å². The van der Waals surface area contributed by atoms with Crippen molar-refractivity contribution in [3.63, 3.8) is 0 Å². The predicted octanol–water partition coefficient (Wildman–Crippen LogP) is 4.54. The second-order valence-electron chi connectivity index (χ2n) is 7.27. The summed E-state index contributed by atoms with van der Waals surface area (Å²) in [6.07, 6.45) is 5.83. The molecule has 0 unspecified atom stereocenters. The zero-order chi connectivity index (χ0) is 21.6. The third-order valence-corrected chi connectivity index (χ3v) is 7.18. The van der Waals surface area contributed by atoms with Gasteiger partial charge >= 0.3 is 0 Å². The molecule has 1 aliphatic rings. The quantitative estimate of drug-likeness (QED) is 0.533. The number of aryl methyl sites for hydroxylation is 1. The van der Waals surface area contributed by atoms with Gasteiger partial charge in [-0.2, -0.15) is 0 Å². The monoisotopic (exact) mass is 452 g/mol. The Morgan fingerprint density at radius 2 is 1.81 bits per heavy atom. The molecule has 0 saturated carbocycles. The molecule has 0 radical (unpaired) electrons. The van der Waals surface area contributed by atoms with Crippen LogP contribution in [0.1, 0.15) is 23.2 Å². The van der Waals surface area contributed by atoms with Crippen LogP contribution in [0.4, 0.5) is 5.69 Å². The van der Waals surface area contributed by atoms with Crippen molar-refractivity contribution in [2.45, 2.75) is 27.8 Å². The molecule has 1 saturated heterocycles. The van der Waals surface area contributed by atoms with E-state index in [0.29, 0.717) is 11.3 Å². The number of aromatic nitrogens is 2. The molecule has 1 aromatic heterocycles. The highest BCUT2D eigenvalue weighted by Crippen LogP contribution is 2.28. The second kappa shape index (κ2) is 10.1. The molecule has 160 valence electrons. The number of thioether (sulfide) groups is 1. The van der Waals surface area contributed by atoms with Crippen molar-refractivity contribution >= 4 is 41.0 Å². The van der Waals surface area contributed by atoms with Gasteiger partial charge in [0.2, 0.25) is 5.91 Å². The van der Waals surface area contributed by atoms with Gasteiger partial charge in [0.25, 0.3) is 5.91 Å². The summed E-state index contributed by atoms with van der Waals surface area (Å²) in [4.78, 5) is 33.3. The number of nitrogens with zero attached hydrogens (tertiary/aromatic N) is 3. The van der Waals surface area contributed by atoms with E-state index < -0.39 is 0 Å². The number of likely N-dealkylation sites (tertiary alicyclic amines) is 1. The highest BCUT2D eigenvalue weighted by Gasteiger charge is 2.19. The van der Waals surface area contributed by atoms with Crippen LogP contribution in [0, 0.1) is 0 Å². The molecular weight excluding hydrogens is 428 g/mol. The van der Waals surface area contributed by atoms with E-state index in [9.17, 15) is 9.59 Å². The largest absolute Gasteiger partial charge is 0.342 e. The zero-order valence-corrected chi connectivity index (χ0v) is 18.9. The van der Waals surface area contributed by atoms with Gasteiger partial charge in [0.1, 0.15) is 0 Å². The first-order chi connectivity index (χ1) is 15.1. The van der Waals surface area contributed by atoms with E-state index in [1.807, 2.05) is 65.2 Å². The van der Waals surface area contributed by atoms with Crippen LogP contribution in [-0.2, 0) is 11.8 Å². The van der Waals surface area contributed by atoms with E-state index in [2.05, 4.69) is 10.3 Å². The smallest absolute Gasteiger partial charge is 0.256 e. The van der Waals surface area contributed by atoms with Gasteiger partial charge in [-0.1, -0.05) is 23.9 Å². The number of hydrogen-bond donors (Lipinski definition) is 1. The summed E-state index contributed by atoms with van der Waals surface area (Å²) in [6, 6.07) is 15.1. The molecule has 1 fully saturated rings. The van der Waals surface area contributed by atoms with E-state index in [1.165, 1.54) is 11.8 Å². The van der Waals surface area contributed by atoms with Crippen LogP contribution in [0.2, 0.25) is 0 Å². The standard InChI is InChI=1S/C23H24N4O2S2/c1-26-15-12-24-23(26)31-18-10-8-17(9-11-18)25-22(29)19-6-2-3-7-20(19)30-16-21(28)27-13-4-5-14-27/h2-3,6-12,15H,4-5,13-14,16H2,1H3,(H,25,29). The fourth-order valence-electron chi connectivity index (χ4n) is 3.34. The van der Waals surface area contributed by atoms with E-state index in [0.717, 1.165) is 46.6 Å². The Morgan fingerprint density at radius 1 is 1.06 bits per heavy atom. The van der Waals surface area contributed by atoms with Crippen molar-refractivity contribution in [1.29, 1.82) is 0 Å². The molecule has 2 amide bonds. The molecule has 2 aromatic carbocycles. The number of carbonyl (C=O) groups excluding carboxylic acids is 2. The Hall–Kier alpha value is -2.71. The van der Waals surface area contributed by atoms with E-state index in [1.54, 1.807) is 24.0 Å². The van der Waals surface area contributed by atoms with Gasteiger partial charge in [-0.3, -0.25) is 9.59 Å². The molecule has 6 nitrogen and oxygen atoms in total. The molecule has 0 aliphatic carbocycles. The van der Waals surface area contributed by atoms with E-state index in [-0.39, 0.29) is 11.8 Å². The molecular formula is C23H24N4O2S2. The Kier molecular flexibility index (Phi) is 6.99. The fourth-order valence-corrected chi connectivity index (χ4v) is 5.09. The van der Waals surface area contributed by atoms with Crippen LogP contribution in [0.5, 0.6) is 0 Å². The lowest BCUT2D eigenvalue weighted by Crippen LogP contribution is -2.29. The summed E-state index contributed by atoms with van der Waals surface area (Å²) in [6.45, 7) is 1.69. The number of imidazole rings is 1. The van der Waals surface area contributed by atoms with Gasteiger partial charge in [0, 0.05) is 48.0 Å². The zero-order valence-electron chi connectivity index (χ0n) is 17.3. The molecule has 2 heterocycles. The van der Waals surface area contributed by atoms with Crippen LogP contribution < -0.4 is 5.32 Å². The Morgan fingerprint density at radius 3 is 2.52 bits per heavy atom. The molecule has 1 N–H and O–H groups in total. The molecule has 1 aliphatic heterocycles. The number of anilines is 1. The lowest BCUT2D eigenvalue weighted by atomic mass is 10.2. The van der Waals surface area contributed by atoms with Crippen LogP contribution in [-0.4, -0.2) is 45.1 Å². The first-order valence-corrected chi connectivity index (χ1v) is 12.0. The summed E-state index contributed by atoms with van der Waals surface area (Å²) < 4.78 is 1.96. The highest BCUT2D eigenvalue weighted by molar-refractivity contribution is 8.00. The van der Waals surface area contributed by atoms with Crippen molar-refractivity contribution in [2.75, 3.05) is 24.2 Å². The second-order valence-corrected chi connectivity index (χ2v) is 9.33. The average Bonchev–Trinajstić information content (AvgIpc) is 3.46. The van der Waals surface area contributed by atoms with Crippen LogP contribution >= 0.6 is 23.5 Å². The Labute approximate surface area is 190 Å². The summed E-state index contributed by atoms with van der Waals surface area (Å²) >= 11 is 2.99. The van der Waals surface area contributed by atoms with Crippen molar-refractivity contribution < 1.29 is 9.59 Å². The molecule has 31 heavy (non-hydrogen) atoms. The SMILES string of the molecule is Cn1ccnc1Sc1ccc(NC(=O)c2ccccc2SCC(=O)N2CCCC2)cc1. The Bertz CT molecular complexity index is 1060. The van der Waals surface area contributed by atoms with Crippen molar-refractivity contribution in [3.8, 4) is 0 Å². The molecule has 0 bridgehead atoms. The van der Waals surface area contributed by atoms with Crippen LogP contribution in [0.25, 0.3) is 0 Å². The maximum Gasteiger partial charge on any atom is 0.256 e. The highest BCUT2D eigenvalue weighted by atomic mass is 32.2. The normalized spacial score (nSPS) is 13.4. The summed E-state index contributed by atoms with van der Waals surface area (Å²) in [5.74, 6) is 0.309. The molecule has 0 spiro atoms. The van der Waals surface area contributed by atoms with Gasteiger partial charge in [0.15, 0.2) is 5.16 Å². The first-order valence-electron chi connectivity index (χ1n) is 10.2. The number of carbonyl (C=O) groups is 2. The predicted molar refractivity (Wildman–Crippen MR) is 125 cm³/mol. The maximum atomic E-state index is 12.9. The molecule has 0 atom stereocenters. The number of hydrogen-bond acceptors (Lipinski definition) is 5. The third kappa shape index (κ3) is 5.51. The first kappa shape index (κ1) is 21.5. The minimum atomic E-state index is -0.179. The summed E-state index contributed by atoms with van der Waals surface area (Å²) in [7, 11) is 1.96. The van der Waals surface area contributed by atoms with E-state index in [4.69, 9.17) is 0 Å². The number of nitrogens with one attached hydrogen (secondary N) is 1. The number of amides is 2. The minimum Gasteiger partial charge on any atom is -0.342 e. The fraction of sp³-hybridized carbons (Fsp3) is 0.261. The van der Waals surface area contributed by atoms with Crippen LogP contribution in [0.3, 0.4) is 0 Å². The van der Waals surface area contributed by atoms with Crippen LogP contribution in [0.15, 0.2) is 75.9 Å². The van der Waals surface area contributed by atoms with E-state index >= 15 is 0 Å². The third-order valence-electron chi connectivity index (χ3n) is 5.04. The molecule has 3 aromatic rings. The van der Waals surface area contributed by atoms with Gasteiger partial charge in [-0.05, 0) is 49.2 Å². The number of benzene rings is 2. The minimum absolute atomic E-state index is 0.138. The van der Waals surface area contributed by atoms with Crippen molar-refractivity contribution in [3.05, 3.63) is 66.5 Å². The van der Waals surface area contributed by atoms with Gasteiger partial charge < -0.3 is 14.8 Å². The average molecular weight is 453 g/mol. The summed E-state index contributed by atoms with van der Waals surface area (Å²) in [5, 5.41) is 3.87. The Balaban J connectivity index is 1.38. The molecule has 8 heteroatoms. The lowest BCUT2D eigenvalue weighted by Gasteiger charge is -2.15. The van der Waals surface area contributed by atoms with Gasteiger partial charge in [-0.15, -0.1) is 11.8 Å². The topological polar surface area (TPSA) is 67.2 Å². The maximum absolute atomic E-state index is 12.9. The van der Waals surface area contributed by atoms with Gasteiger partial charge in [-0.25, -0.2) is 4.98 Å². The number of rotatable bonds is 7. The molecule has 4 rings (SSSR count). The van der Waals surface area contributed by atoms with Crippen molar-refractivity contribution in [1.82, 2.24) is 14.5 Å². The lowest BCUT2D eigenvalue weighted by molar-refractivity contribution is -0.127. The van der Waals surface area contributed by atoms with Gasteiger partial charge in [0.05, 0.1) is 11.3 Å². The summed E-state index contributed by atoms with van der Waals surface area (Å²) in [5.41, 5.74) is 1.30.